The number of halogens is 1. The van der Waals surface area contributed by atoms with Gasteiger partial charge in [0.1, 0.15) is 0 Å². The normalized spacial score (nSPS) is 14.8. The highest BCUT2D eigenvalue weighted by Crippen LogP contribution is 2.25. The SMILES string of the molecule is CN(c1cccc(Cl)c1)S(=O)(=O)c1cccc(C(=O)NCCN2CCCCCC2=O)c1. The van der Waals surface area contributed by atoms with Gasteiger partial charge in [-0.2, -0.15) is 0 Å². The van der Waals surface area contributed by atoms with Crippen molar-refractivity contribution in [1.29, 1.82) is 0 Å². The molecule has 1 saturated heterocycles. The summed E-state index contributed by atoms with van der Waals surface area (Å²) in [6, 6.07) is 12.4. The third-order valence-corrected chi connectivity index (χ3v) is 7.28. The first-order chi connectivity index (χ1) is 14.8. The van der Waals surface area contributed by atoms with Crippen LogP contribution in [0.2, 0.25) is 5.02 Å². The molecule has 2 aromatic rings. The summed E-state index contributed by atoms with van der Waals surface area (Å²) < 4.78 is 27.2. The Morgan fingerprint density at radius 1 is 1.13 bits per heavy atom. The first kappa shape index (κ1) is 23.1. The molecule has 166 valence electrons. The van der Waals surface area contributed by atoms with Crippen molar-refractivity contribution in [3.63, 3.8) is 0 Å². The fourth-order valence-corrected chi connectivity index (χ4v) is 4.87. The minimum absolute atomic E-state index is 0.00493. The third-order valence-electron chi connectivity index (χ3n) is 5.27. The molecule has 0 unspecified atom stereocenters. The van der Waals surface area contributed by atoms with Gasteiger partial charge in [-0.3, -0.25) is 13.9 Å². The number of benzene rings is 2. The highest BCUT2D eigenvalue weighted by molar-refractivity contribution is 7.92. The number of nitrogens with zero attached hydrogens (tertiary/aromatic N) is 2. The number of nitrogens with one attached hydrogen (secondary N) is 1. The summed E-state index contributed by atoms with van der Waals surface area (Å²) in [5.74, 6) is -0.270. The maximum atomic E-state index is 13.0. The zero-order valence-electron chi connectivity index (χ0n) is 17.4. The number of hydrogen-bond acceptors (Lipinski definition) is 4. The second-order valence-electron chi connectivity index (χ2n) is 7.43. The van der Waals surface area contributed by atoms with Crippen molar-refractivity contribution in [1.82, 2.24) is 10.2 Å². The van der Waals surface area contributed by atoms with E-state index in [1.54, 1.807) is 35.2 Å². The molecule has 31 heavy (non-hydrogen) atoms. The molecule has 2 aromatic carbocycles. The highest BCUT2D eigenvalue weighted by atomic mass is 35.5. The Bertz CT molecular complexity index is 1060. The van der Waals surface area contributed by atoms with Gasteiger partial charge in [-0.05, 0) is 49.2 Å². The molecule has 0 radical (unpaired) electrons. The molecule has 7 nitrogen and oxygen atoms in total. The highest BCUT2D eigenvalue weighted by Gasteiger charge is 2.23. The van der Waals surface area contributed by atoms with Gasteiger partial charge in [-0.1, -0.05) is 30.2 Å². The fraction of sp³-hybridized carbons (Fsp3) is 0.364. The Hall–Kier alpha value is -2.58. The van der Waals surface area contributed by atoms with E-state index in [4.69, 9.17) is 11.6 Å². The van der Waals surface area contributed by atoms with Gasteiger partial charge in [0.2, 0.25) is 5.91 Å². The van der Waals surface area contributed by atoms with Crippen molar-refractivity contribution in [2.75, 3.05) is 31.0 Å². The van der Waals surface area contributed by atoms with Crippen LogP contribution in [0.1, 0.15) is 36.0 Å². The summed E-state index contributed by atoms with van der Waals surface area (Å²) in [7, 11) is -2.44. The van der Waals surface area contributed by atoms with Crippen LogP contribution in [-0.4, -0.2) is 51.8 Å². The number of amides is 2. The number of anilines is 1. The van der Waals surface area contributed by atoms with Crippen molar-refractivity contribution in [2.24, 2.45) is 0 Å². The zero-order valence-corrected chi connectivity index (χ0v) is 19.0. The zero-order chi connectivity index (χ0) is 22.4. The lowest BCUT2D eigenvalue weighted by atomic mass is 10.2. The van der Waals surface area contributed by atoms with E-state index in [2.05, 4.69) is 5.32 Å². The van der Waals surface area contributed by atoms with Gasteiger partial charge < -0.3 is 10.2 Å². The molecule has 1 N–H and O–H groups in total. The average molecular weight is 464 g/mol. The van der Waals surface area contributed by atoms with Crippen LogP contribution in [0.15, 0.2) is 53.4 Å². The topological polar surface area (TPSA) is 86.8 Å². The van der Waals surface area contributed by atoms with Crippen LogP contribution < -0.4 is 9.62 Å². The van der Waals surface area contributed by atoms with Crippen LogP contribution in [-0.2, 0) is 14.8 Å². The molecule has 2 amide bonds. The van der Waals surface area contributed by atoms with Crippen LogP contribution in [0, 0.1) is 0 Å². The summed E-state index contributed by atoms with van der Waals surface area (Å²) in [5.41, 5.74) is 0.659. The van der Waals surface area contributed by atoms with Crippen molar-refractivity contribution in [3.8, 4) is 0 Å². The van der Waals surface area contributed by atoms with Crippen LogP contribution >= 0.6 is 11.6 Å². The Morgan fingerprint density at radius 3 is 2.68 bits per heavy atom. The number of likely N-dealkylation sites (tertiary alicyclic amines) is 1. The molecule has 0 aliphatic carbocycles. The van der Waals surface area contributed by atoms with Crippen molar-refractivity contribution in [2.45, 2.75) is 30.6 Å². The molecule has 3 rings (SSSR count). The van der Waals surface area contributed by atoms with Crippen molar-refractivity contribution in [3.05, 3.63) is 59.1 Å². The summed E-state index contributed by atoms with van der Waals surface area (Å²) in [6.45, 7) is 1.46. The molecule has 0 spiro atoms. The summed E-state index contributed by atoms with van der Waals surface area (Å²) in [5, 5.41) is 3.20. The minimum atomic E-state index is -3.87. The van der Waals surface area contributed by atoms with Crippen LogP contribution in [0.3, 0.4) is 0 Å². The summed E-state index contributed by atoms with van der Waals surface area (Å²) in [6.07, 6.45) is 3.47. The second kappa shape index (κ2) is 10.2. The van der Waals surface area contributed by atoms with E-state index in [0.717, 1.165) is 23.6 Å². The van der Waals surface area contributed by atoms with E-state index in [-0.39, 0.29) is 22.3 Å². The third kappa shape index (κ3) is 5.77. The summed E-state index contributed by atoms with van der Waals surface area (Å²) in [4.78, 5) is 26.4. The molecule has 1 fully saturated rings. The molecule has 0 aromatic heterocycles. The van der Waals surface area contributed by atoms with Gasteiger partial charge in [0.25, 0.3) is 15.9 Å². The number of rotatable bonds is 7. The van der Waals surface area contributed by atoms with Crippen LogP contribution in [0.25, 0.3) is 0 Å². The predicted molar refractivity (Wildman–Crippen MR) is 121 cm³/mol. The lowest BCUT2D eigenvalue weighted by molar-refractivity contribution is -0.130. The first-order valence-corrected chi connectivity index (χ1v) is 12.0. The van der Waals surface area contributed by atoms with Crippen molar-refractivity contribution < 1.29 is 18.0 Å². The smallest absolute Gasteiger partial charge is 0.264 e. The van der Waals surface area contributed by atoms with E-state index < -0.39 is 10.0 Å². The Kier molecular flexibility index (Phi) is 7.56. The van der Waals surface area contributed by atoms with E-state index >= 15 is 0 Å². The lowest BCUT2D eigenvalue weighted by Crippen LogP contribution is -2.38. The van der Waals surface area contributed by atoms with Gasteiger partial charge in [-0.25, -0.2) is 8.42 Å². The second-order valence-corrected chi connectivity index (χ2v) is 9.83. The number of hydrogen-bond donors (Lipinski definition) is 1. The Balaban J connectivity index is 1.67. The van der Waals surface area contributed by atoms with E-state index in [9.17, 15) is 18.0 Å². The quantitative estimate of drug-likeness (QED) is 0.682. The maximum Gasteiger partial charge on any atom is 0.264 e. The Morgan fingerprint density at radius 2 is 1.90 bits per heavy atom. The van der Waals surface area contributed by atoms with E-state index in [0.29, 0.717) is 36.8 Å². The minimum Gasteiger partial charge on any atom is -0.350 e. The number of carbonyl (C=O) groups is 2. The molecule has 0 saturated carbocycles. The summed E-state index contributed by atoms with van der Waals surface area (Å²) >= 11 is 5.98. The van der Waals surface area contributed by atoms with E-state index in [1.807, 2.05) is 0 Å². The molecule has 1 heterocycles. The molecule has 0 bridgehead atoms. The van der Waals surface area contributed by atoms with Crippen molar-refractivity contribution >= 4 is 39.1 Å². The lowest BCUT2D eigenvalue weighted by Gasteiger charge is -2.21. The standard InChI is InChI=1S/C22H26ClN3O4S/c1-25(19-9-6-8-18(23)16-19)31(29,30)20-10-5-7-17(15-20)22(28)24-12-14-26-13-4-2-3-11-21(26)27/h5-10,15-16H,2-4,11-14H2,1H3,(H,24,28). The molecule has 1 aliphatic heterocycles. The molecule has 1 aliphatic rings. The van der Waals surface area contributed by atoms with Crippen LogP contribution in [0.4, 0.5) is 5.69 Å². The molecule has 9 heteroatoms. The Labute approximate surface area is 188 Å². The van der Waals surface area contributed by atoms with Gasteiger partial charge in [0, 0.05) is 43.7 Å². The fourth-order valence-electron chi connectivity index (χ4n) is 3.45. The first-order valence-electron chi connectivity index (χ1n) is 10.2. The average Bonchev–Trinajstić information content (AvgIpc) is 2.97. The van der Waals surface area contributed by atoms with Gasteiger partial charge in [0.15, 0.2) is 0 Å². The maximum absolute atomic E-state index is 13.0. The number of carbonyl (C=O) groups excluding carboxylic acids is 2. The van der Waals surface area contributed by atoms with E-state index in [1.165, 1.54) is 25.2 Å². The van der Waals surface area contributed by atoms with Gasteiger partial charge in [0.05, 0.1) is 10.6 Å². The monoisotopic (exact) mass is 463 g/mol. The molecule has 0 atom stereocenters. The van der Waals surface area contributed by atoms with Gasteiger partial charge >= 0.3 is 0 Å². The van der Waals surface area contributed by atoms with Gasteiger partial charge in [-0.15, -0.1) is 0 Å². The molecular formula is C22H26ClN3O4S. The van der Waals surface area contributed by atoms with Crippen LogP contribution in [0.5, 0.6) is 0 Å². The predicted octanol–water partition coefficient (Wildman–Crippen LogP) is 3.30. The largest absolute Gasteiger partial charge is 0.350 e. The number of sulfonamides is 1. The molecular weight excluding hydrogens is 438 g/mol.